The molecule has 0 rings (SSSR count). The van der Waals surface area contributed by atoms with E-state index in [9.17, 15) is 9.46 Å². The van der Waals surface area contributed by atoms with Gasteiger partial charge in [0.05, 0.1) is 33.9 Å². The maximum absolute atomic E-state index is 11.9. The van der Waals surface area contributed by atoms with Crippen molar-refractivity contribution in [2.24, 2.45) is 0 Å². The summed E-state index contributed by atoms with van der Waals surface area (Å²) in [4.78, 5) is 11.9. The molecule has 0 fully saturated rings. The van der Waals surface area contributed by atoms with Crippen LogP contribution >= 0.6 is 7.82 Å². The van der Waals surface area contributed by atoms with Gasteiger partial charge in [0.25, 0.3) is 7.82 Å². The number of methoxy groups -OCH3 is 1. The number of nitrogens with zero attached hydrogens (tertiary/aromatic N) is 1. The first-order chi connectivity index (χ1) is 14.7. The van der Waals surface area contributed by atoms with Gasteiger partial charge in [0.1, 0.15) is 13.2 Å². The van der Waals surface area contributed by atoms with Gasteiger partial charge in [-0.15, -0.1) is 0 Å². The zero-order valence-electron chi connectivity index (χ0n) is 21.2. The fraction of sp³-hybridized carbons (Fsp3) is 1.00. The maximum Gasteiger partial charge on any atom is 0.268 e. The van der Waals surface area contributed by atoms with Crippen LogP contribution in [0.2, 0.25) is 0 Å². The van der Waals surface area contributed by atoms with Crippen molar-refractivity contribution < 1.29 is 27.7 Å². The Morgan fingerprint density at radius 1 is 0.774 bits per heavy atom. The molecule has 6 nitrogen and oxygen atoms in total. The van der Waals surface area contributed by atoms with Crippen LogP contribution in [0.25, 0.3) is 0 Å². The third-order valence-electron chi connectivity index (χ3n) is 5.64. The molecule has 0 N–H and O–H groups in total. The van der Waals surface area contributed by atoms with E-state index in [1.165, 1.54) is 77.0 Å². The molecule has 0 amide bonds. The smallest absolute Gasteiger partial charge is 0.268 e. The highest BCUT2D eigenvalue weighted by Gasteiger charge is 2.16. The number of hydrogen-bond donors (Lipinski definition) is 0. The summed E-state index contributed by atoms with van der Waals surface area (Å²) in [5.41, 5.74) is 0. The van der Waals surface area contributed by atoms with Gasteiger partial charge < -0.3 is 23.2 Å². The van der Waals surface area contributed by atoms with Crippen molar-refractivity contribution in [1.82, 2.24) is 0 Å². The number of ether oxygens (including phenoxy) is 1. The lowest BCUT2D eigenvalue weighted by Gasteiger charge is -2.28. The third-order valence-corrected chi connectivity index (χ3v) is 6.61. The van der Waals surface area contributed by atoms with Crippen molar-refractivity contribution in [3.8, 4) is 0 Å². The summed E-state index contributed by atoms with van der Waals surface area (Å²) in [6.07, 6.45) is 19.1. The van der Waals surface area contributed by atoms with Crippen molar-refractivity contribution in [1.29, 1.82) is 0 Å². The minimum atomic E-state index is -4.26. The molecule has 0 aromatic heterocycles. The summed E-state index contributed by atoms with van der Waals surface area (Å²) in [6.45, 7) is 3.02. The average molecular weight is 466 g/mol. The van der Waals surface area contributed by atoms with Crippen molar-refractivity contribution in [3.05, 3.63) is 0 Å². The lowest BCUT2D eigenvalue weighted by atomic mass is 10.0. The standard InChI is InChI=1S/C24H52NO5P/c1-6-7-8-9-10-11-12-13-14-15-16-17-18-19-20-24(28-5)23-30-31(26,27)29-22-21-25(2,3)4/h24H,6-23H2,1-5H3/t24-/m0/s1. The third kappa shape index (κ3) is 23.0. The van der Waals surface area contributed by atoms with E-state index in [0.29, 0.717) is 11.0 Å². The first-order valence-electron chi connectivity index (χ1n) is 12.6. The Labute approximate surface area is 193 Å². The normalized spacial score (nSPS) is 15.2. The van der Waals surface area contributed by atoms with Gasteiger partial charge in [-0.3, -0.25) is 4.57 Å². The number of unbranched alkanes of at least 4 members (excludes halogenated alkanes) is 13. The van der Waals surface area contributed by atoms with E-state index >= 15 is 0 Å². The quantitative estimate of drug-likeness (QED) is 0.104. The van der Waals surface area contributed by atoms with Gasteiger partial charge in [0.15, 0.2) is 0 Å². The summed E-state index contributed by atoms with van der Waals surface area (Å²) in [5, 5.41) is 0. The molecule has 0 saturated heterocycles. The minimum absolute atomic E-state index is 0.0279. The second-order valence-corrected chi connectivity index (χ2v) is 11.2. The molecule has 0 radical (unpaired) electrons. The van der Waals surface area contributed by atoms with Crippen molar-refractivity contribution >= 4 is 7.82 Å². The number of likely N-dealkylation sites (N-methyl/N-ethyl adjacent to an activating group) is 1. The first-order valence-corrected chi connectivity index (χ1v) is 14.1. The second kappa shape index (κ2) is 19.5. The molecule has 0 saturated carbocycles. The molecule has 188 valence electrons. The zero-order chi connectivity index (χ0) is 23.4. The summed E-state index contributed by atoms with van der Waals surface area (Å²) < 4.78 is 27.8. The predicted octanol–water partition coefficient (Wildman–Crippen LogP) is 6.08. The Bertz CT molecular complexity index is 442. The van der Waals surface area contributed by atoms with Gasteiger partial charge in [-0.25, -0.2) is 0 Å². The first kappa shape index (κ1) is 31.0. The average Bonchev–Trinajstić information content (AvgIpc) is 2.69. The Kier molecular flexibility index (Phi) is 19.5. The van der Waals surface area contributed by atoms with E-state index in [2.05, 4.69) is 6.92 Å². The summed E-state index contributed by atoms with van der Waals surface area (Å²) in [6, 6.07) is 0. The molecule has 7 heteroatoms. The van der Waals surface area contributed by atoms with E-state index in [-0.39, 0.29) is 19.3 Å². The molecule has 0 aromatic rings. The molecule has 0 aliphatic carbocycles. The minimum Gasteiger partial charge on any atom is -0.756 e. The molecule has 31 heavy (non-hydrogen) atoms. The monoisotopic (exact) mass is 465 g/mol. The van der Waals surface area contributed by atoms with E-state index in [0.717, 1.165) is 19.3 Å². The highest BCUT2D eigenvalue weighted by atomic mass is 31.2. The number of phosphoric ester groups is 1. The number of phosphoric acid groups is 1. The maximum atomic E-state index is 11.9. The van der Waals surface area contributed by atoms with Crippen LogP contribution in [0.1, 0.15) is 103 Å². The Hall–Kier alpha value is 0.0300. The molecule has 0 aliphatic heterocycles. The van der Waals surface area contributed by atoms with Crippen LogP contribution in [-0.2, 0) is 18.3 Å². The van der Waals surface area contributed by atoms with Crippen molar-refractivity contribution in [2.75, 3.05) is 48.0 Å². The molecule has 1 unspecified atom stereocenters. The fourth-order valence-corrected chi connectivity index (χ4v) is 4.20. The Morgan fingerprint density at radius 2 is 1.23 bits per heavy atom. The summed E-state index contributed by atoms with van der Waals surface area (Å²) in [7, 11) is 3.29. The lowest BCUT2D eigenvalue weighted by Crippen LogP contribution is -2.37. The van der Waals surface area contributed by atoms with Gasteiger partial charge >= 0.3 is 0 Å². The van der Waals surface area contributed by atoms with Gasteiger partial charge in [-0.1, -0.05) is 96.8 Å². The van der Waals surface area contributed by atoms with Crippen LogP contribution in [0, 0.1) is 0 Å². The van der Waals surface area contributed by atoms with Gasteiger partial charge in [-0.05, 0) is 6.42 Å². The van der Waals surface area contributed by atoms with E-state index < -0.39 is 7.82 Å². The number of rotatable bonds is 23. The van der Waals surface area contributed by atoms with Gasteiger partial charge in [-0.2, -0.15) is 0 Å². The highest BCUT2D eigenvalue weighted by Crippen LogP contribution is 2.38. The van der Waals surface area contributed by atoms with Crippen LogP contribution in [0.5, 0.6) is 0 Å². The second-order valence-electron chi connectivity index (χ2n) is 9.83. The molecule has 0 aromatic carbocycles. The SMILES string of the molecule is CCCCCCCCCCCCCCCC[C@@H](COP(=O)([O-])OCC[N+](C)(C)C)OC. The van der Waals surface area contributed by atoms with Crippen molar-refractivity contribution in [2.45, 2.75) is 109 Å². The van der Waals surface area contributed by atoms with Gasteiger partial charge in [0.2, 0.25) is 0 Å². The molecule has 0 heterocycles. The van der Waals surface area contributed by atoms with E-state index in [1.54, 1.807) is 7.11 Å². The summed E-state index contributed by atoms with van der Waals surface area (Å²) >= 11 is 0. The van der Waals surface area contributed by atoms with Crippen LogP contribution in [0.15, 0.2) is 0 Å². The number of hydrogen-bond acceptors (Lipinski definition) is 5. The Morgan fingerprint density at radius 3 is 1.65 bits per heavy atom. The predicted molar refractivity (Wildman–Crippen MR) is 128 cm³/mol. The van der Waals surface area contributed by atoms with Crippen LogP contribution in [-0.4, -0.2) is 58.6 Å². The van der Waals surface area contributed by atoms with E-state index in [1.807, 2.05) is 21.1 Å². The highest BCUT2D eigenvalue weighted by molar-refractivity contribution is 7.45. The molecule has 0 spiro atoms. The largest absolute Gasteiger partial charge is 0.756 e. The van der Waals surface area contributed by atoms with Crippen LogP contribution < -0.4 is 4.89 Å². The number of quaternary nitrogens is 1. The van der Waals surface area contributed by atoms with Crippen molar-refractivity contribution in [3.63, 3.8) is 0 Å². The molecule has 2 atom stereocenters. The van der Waals surface area contributed by atoms with Gasteiger partial charge in [0, 0.05) is 7.11 Å². The van der Waals surface area contributed by atoms with Crippen LogP contribution in [0.4, 0.5) is 0 Å². The van der Waals surface area contributed by atoms with E-state index in [4.69, 9.17) is 13.8 Å². The summed E-state index contributed by atoms with van der Waals surface area (Å²) in [5.74, 6) is 0. The fourth-order valence-electron chi connectivity index (χ4n) is 3.47. The molecular weight excluding hydrogens is 413 g/mol. The topological polar surface area (TPSA) is 67.8 Å². The zero-order valence-corrected chi connectivity index (χ0v) is 22.1. The molecular formula is C24H52NO5P. The van der Waals surface area contributed by atoms with Crippen LogP contribution in [0.3, 0.4) is 0 Å². The molecule has 0 aliphatic rings. The lowest BCUT2D eigenvalue weighted by molar-refractivity contribution is -0.870. The molecule has 0 bridgehead atoms. The Balaban J connectivity index is 3.59.